The van der Waals surface area contributed by atoms with Gasteiger partial charge in [0.2, 0.25) is 5.88 Å². The molecule has 0 radical (unpaired) electrons. The van der Waals surface area contributed by atoms with E-state index in [1.807, 2.05) is 12.1 Å². The Morgan fingerprint density at radius 2 is 1.91 bits per heavy atom. The minimum atomic E-state index is -1.02. The summed E-state index contributed by atoms with van der Waals surface area (Å²) in [7, 11) is 4.14. The van der Waals surface area contributed by atoms with Gasteiger partial charge >= 0.3 is 0 Å². The van der Waals surface area contributed by atoms with Crippen LogP contribution in [0.2, 0.25) is 0 Å². The fraction of sp³-hybridized carbons (Fsp3) is 0.250. The average molecular weight is 479 g/mol. The first-order chi connectivity index (χ1) is 16.5. The van der Waals surface area contributed by atoms with Crippen LogP contribution in [0.25, 0.3) is 22.2 Å². The van der Waals surface area contributed by atoms with Crippen molar-refractivity contribution in [2.24, 2.45) is 0 Å². The average Bonchev–Trinajstić information content (AvgIpc) is 2.88. The molecule has 0 amide bonds. The van der Waals surface area contributed by atoms with Gasteiger partial charge in [0.1, 0.15) is 18.2 Å². The number of aliphatic hydroxyl groups excluding tert-OH is 1. The lowest BCUT2D eigenvalue weighted by atomic mass is 9.99. The predicted molar refractivity (Wildman–Crippen MR) is 130 cm³/mol. The summed E-state index contributed by atoms with van der Waals surface area (Å²) in [5, 5.41) is 20.0. The molecule has 1 aliphatic heterocycles. The zero-order valence-corrected chi connectivity index (χ0v) is 19.6. The second-order valence-corrected chi connectivity index (χ2v) is 8.52. The van der Waals surface area contributed by atoms with Crippen molar-refractivity contribution in [2.45, 2.75) is 6.10 Å². The quantitative estimate of drug-likeness (QED) is 0.437. The predicted octanol–water partition coefficient (Wildman–Crippen LogP) is 2.65. The summed E-state index contributed by atoms with van der Waals surface area (Å²) >= 11 is 0. The summed E-state index contributed by atoms with van der Waals surface area (Å²) < 4.78 is 25.9. The van der Waals surface area contributed by atoms with Crippen LogP contribution < -0.4 is 14.9 Å². The van der Waals surface area contributed by atoms with Crippen LogP contribution in [-0.2, 0) is 4.74 Å². The normalized spacial score (nSPS) is 14.9. The minimum absolute atomic E-state index is 0.332. The van der Waals surface area contributed by atoms with Gasteiger partial charge in [-0.15, -0.1) is 19.4 Å². The third-order valence-corrected chi connectivity index (χ3v) is 6.35. The van der Waals surface area contributed by atoms with Crippen LogP contribution in [0.5, 0.6) is 5.88 Å². The molecule has 3 heterocycles. The molecule has 4 aromatic rings. The van der Waals surface area contributed by atoms with Crippen LogP contribution in [0.1, 0.15) is 17.4 Å². The zero-order valence-electron chi connectivity index (χ0n) is 18.5. The van der Waals surface area contributed by atoms with Crippen molar-refractivity contribution in [1.82, 2.24) is 20.2 Å². The summed E-state index contributed by atoms with van der Waals surface area (Å²) in [4.78, 5) is 10.8. The molecule has 5 rings (SSSR count). The first-order valence-corrected chi connectivity index (χ1v) is 11.4. The van der Waals surface area contributed by atoms with E-state index in [1.54, 1.807) is 24.3 Å². The minimum Gasteiger partial charge on any atom is -0.480 e. The van der Waals surface area contributed by atoms with E-state index in [0.29, 0.717) is 65.6 Å². The molecule has 1 aliphatic rings. The van der Waals surface area contributed by atoms with Crippen molar-refractivity contribution >= 4 is 31.1 Å². The van der Waals surface area contributed by atoms with E-state index in [2.05, 4.69) is 34.3 Å². The molecule has 0 spiro atoms. The number of aromatic nitrogens is 4. The number of hydrogen-bond acceptors (Lipinski definition) is 8. The van der Waals surface area contributed by atoms with E-state index >= 15 is 4.39 Å². The third-order valence-electron chi connectivity index (χ3n) is 5.85. The summed E-state index contributed by atoms with van der Waals surface area (Å²) in [6.45, 7) is 2.62. The highest BCUT2D eigenvalue weighted by molar-refractivity contribution is 7.28. The maximum atomic E-state index is 15.5. The molecule has 1 fully saturated rings. The molecule has 1 saturated heterocycles. The molecular weight excluding hydrogens is 456 g/mol. The van der Waals surface area contributed by atoms with Gasteiger partial charge in [-0.3, -0.25) is 0 Å². The van der Waals surface area contributed by atoms with E-state index in [1.165, 1.54) is 19.5 Å². The van der Waals surface area contributed by atoms with E-state index in [0.717, 1.165) is 11.0 Å². The van der Waals surface area contributed by atoms with Gasteiger partial charge in [-0.2, -0.15) is 0 Å². The van der Waals surface area contributed by atoms with Gasteiger partial charge in [-0.1, -0.05) is 12.1 Å². The first-order valence-electron chi connectivity index (χ1n) is 10.8. The molecule has 0 aliphatic carbocycles. The van der Waals surface area contributed by atoms with Crippen LogP contribution in [-0.4, -0.2) is 58.7 Å². The Morgan fingerprint density at radius 1 is 1.09 bits per heavy atom. The zero-order chi connectivity index (χ0) is 23.7. The number of hydrogen-bond donors (Lipinski definition) is 1. The highest BCUT2D eigenvalue weighted by atomic mass is 31.0. The highest BCUT2D eigenvalue weighted by Gasteiger charge is 2.20. The SMILES string of the molecule is COc1ccc(C(O)c2ccc(P)c(-c3ncnc4cc(N5CCOCC5)cc(F)c34)c2)nn1. The number of methoxy groups -OCH3 is 1. The van der Waals surface area contributed by atoms with Crippen LogP contribution in [0.3, 0.4) is 0 Å². The van der Waals surface area contributed by atoms with Crippen LogP contribution in [0.4, 0.5) is 10.1 Å². The number of morpholine rings is 1. The van der Waals surface area contributed by atoms with E-state index in [4.69, 9.17) is 9.47 Å². The smallest absolute Gasteiger partial charge is 0.233 e. The van der Waals surface area contributed by atoms with E-state index in [9.17, 15) is 5.11 Å². The summed E-state index contributed by atoms with van der Waals surface area (Å²) in [5.41, 5.74) is 3.37. The molecule has 2 atom stereocenters. The Bertz CT molecular complexity index is 1330. The van der Waals surface area contributed by atoms with Crippen LogP contribution >= 0.6 is 9.24 Å². The molecule has 2 unspecified atom stereocenters. The number of rotatable bonds is 5. The molecule has 34 heavy (non-hydrogen) atoms. The lowest BCUT2D eigenvalue weighted by Crippen LogP contribution is -2.36. The van der Waals surface area contributed by atoms with Gasteiger partial charge in [0.05, 0.1) is 42.6 Å². The van der Waals surface area contributed by atoms with Crippen LogP contribution in [0.15, 0.2) is 48.8 Å². The maximum Gasteiger partial charge on any atom is 0.233 e. The Kier molecular flexibility index (Phi) is 6.32. The number of halogens is 1. The monoisotopic (exact) mass is 479 g/mol. The van der Waals surface area contributed by atoms with Crippen molar-refractivity contribution in [3.05, 3.63) is 65.9 Å². The number of ether oxygens (including phenoxy) is 2. The summed E-state index contributed by atoms with van der Waals surface area (Å²) in [5.74, 6) is -0.0395. The van der Waals surface area contributed by atoms with Gasteiger partial charge in [-0.05, 0) is 35.1 Å². The molecule has 0 bridgehead atoms. The summed E-state index contributed by atoms with van der Waals surface area (Å²) in [6.07, 6.45) is 0.413. The Morgan fingerprint density at radius 3 is 2.65 bits per heavy atom. The van der Waals surface area contributed by atoms with Gasteiger partial charge in [0.25, 0.3) is 0 Å². The molecule has 8 nitrogen and oxygen atoms in total. The maximum absolute atomic E-state index is 15.5. The van der Waals surface area contributed by atoms with Crippen molar-refractivity contribution in [2.75, 3.05) is 38.3 Å². The molecule has 174 valence electrons. The van der Waals surface area contributed by atoms with E-state index < -0.39 is 11.9 Å². The van der Waals surface area contributed by atoms with Crippen molar-refractivity contribution < 1.29 is 19.0 Å². The Balaban J connectivity index is 1.56. The second-order valence-electron chi connectivity index (χ2n) is 7.89. The Hall–Kier alpha value is -3.26. The summed E-state index contributed by atoms with van der Waals surface area (Å²) in [6, 6.07) is 12.1. The van der Waals surface area contributed by atoms with E-state index in [-0.39, 0.29) is 0 Å². The van der Waals surface area contributed by atoms with Crippen molar-refractivity contribution in [3.8, 4) is 17.1 Å². The lowest BCUT2D eigenvalue weighted by Gasteiger charge is -2.29. The van der Waals surface area contributed by atoms with Crippen LogP contribution in [0, 0.1) is 5.82 Å². The first kappa shape index (κ1) is 22.5. The Labute approximate surface area is 198 Å². The number of nitrogens with zero attached hydrogens (tertiary/aromatic N) is 5. The lowest BCUT2D eigenvalue weighted by molar-refractivity contribution is 0.122. The topological polar surface area (TPSA) is 93.5 Å². The van der Waals surface area contributed by atoms with Crippen molar-refractivity contribution in [3.63, 3.8) is 0 Å². The molecule has 2 aromatic heterocycles. The molecule has 0 saturated carbocycles. The number of anilines is 1. The number of fused-ring (bicyclic) bond motifs is 1. The van der Waals surface area contributed by atoms with Gasteiger partial charge < -0.3 is 19.5 Å². The second kappa shape index (κ2) is 9.54. The fourth-order valence-electron chi connectivity index (χ4n) is 4.04. The van der Waals surface area contributed by atoms with Gasteiger partial charge in [0, 0.05) is 30.4 Å². The number of benzene rings is 2. The number of aliphatic hydroxyl groups is 1. The highest BCUT2D eigenvalue weighted by Crippen LogP contribution is 2.33. The molecule has 10 heteroatoms. The molecular formula is C24H23FN5O3P. The molecule has 1 N–H and O–H groups in total. The van der Waals surface area contributed by atoms with Crippen molar-refractivity contribution in [1.29, 1.82) is 0 Å². The van der Waals surface area contributed by atoms with Gasteiger partial charge in [-0.25, -0.2) is 14.4 Å². The standard InChI is InChI=1S/C24H23FN5O3P/c1-32-21-5-3-18(28-29-21)24(31)14-2-4-20(34)16(10-14)23-22-17(25)11-15(12-19(22)26-13-27-23)30-6-8-33-9-7-30/h2-5,10-13,24,31H,6-9,34H2,1H3. The van der Waals surface area contributed by atoms with Gasteiger partial charge in [0.15, 0.2) is 0 Å². The largest absolute Gasteiger partial charge is 0.480 e. The fourth-order valence-corrected chi connectivity index (χ4v) is 4.36. The third kappa shape index (κ3) is 4.30. The molecule has 2 aromatic carbocycles.